The zero-order valence-electron chi connectivity index (χ0n) is 14.4. The highest BCUT2D eigenvalue weighted by Gasteiger charge is 2.19. The number of hydrogen-bond donors (Lipinski definition) is 1. The van der Waals surface area contributed by atoms with Crippen LogP contribution in [0.3, 0.4) is 0 Å². The summed E-state index contributed by atoms with van der Waals surface area (Å²) < 4.78 is 33.2. The molecule has 4 nitrogen and oxygen atoms in total. The van der Waals surface area contributed by atoms with E-state index in [0.717, 1.165) is 12.0 Å². The molecule has 1 aliphatic rings. The van der Waals surface area contributed by atoms with Gasteiger partial charge in [-0.1, -0.05) is 23.7 Å². The Bertz CT molecular complexity index is 886. The number of carboxylic acid groups (broad SMARTS) is 1. The molecule has 0 fully saturated rings. The van der Waals surface area contributed by atoms with Crippen molar-refractivity contribution in [3.63, 3.8) is 0 Å². The quantitative estimate of drug-likeness (QED) is 0.728. The van der Waals surface area contributed by atoms with Crippen molar-refractivity contribution in [3.05, 3.63) is 64.3 Å². The number of ether oxygens (including phenoxy) is 1. The number of halogens is 3. The van der Waals surface area contributed by atoms with Gasteiger partial charge in [0.15, 0.2) is 5.82 Å². The lowest BCUT2D eigenvalue weighted by Crippen LogP contribution is -2.11. The third-order valence-corrected chi connectivity index (χ3v) is 4.74. The maximum Gasteiger partial charge on any atom is 0.303 e. The number of aromatic nitrogens is 1. The van der Waals surface area contributed by atoms with Crippen molar-refractivity contribution in [2.75, 3.05) is 0 Å². The molecule has 1 unspecified atom stereocenters. The summed E-state index contributed by atoms with van der Waals surface area (Å²) in [4.78, 5) is 15.0. The molecule has 0 saturated heterocycles. The van der Waals surface area contributed by atoms with Crippen molar-refractivity contribution < 1.29 is 23.4 Å². The average Bonchev–Trinajstić information content (AvgIpc) is 2.62. The molecule has 0 aliphatic heterocycles. The highest BCUT2D eigenvalue weighted by atomic mass is 35.5. The first-order valence-electron chi connectivity index (χ1n) is 8.57. The fourth-order valence-electron chi connectivity index (χ4n) is 3.04. The van der Waals surface area contributed by atoms with E-state index in [0.29, 0.717) is 18.5 Å². The minimum absolute atomic E-state index is 0.107. The summed E-state index contributed by atoms with van der Waals surface area (Å²) in [5.74, 6) is -2.06. The summed E-state index contributed by atoms with van der Waals surface area (Å²) in [5, 5.41) is 9.15. The molecule has 0 amide bonds. The normalized spacial score (nSPS) is 16.7. The van der Waals surface area contributed by atoms with E-state index in [-0.39, 0.29) is 35.4 Å². The number of nitrogens with zero attached hydrogens (tertiary/aromatic N) is 1. The molecule has 1 atom stereocenters. The molecule has 7 heteroatoms. The van der Waals surface area contributed by atoms with Crippen LogP contribution in [0.4, 0.5) is 8.78 Å². The van der Waals surface area contributed by atoms with Crippen LogP contribution in [0, 0.1) is 17.6 Å². The number of rotatable bonds is 6. The topological polar surface area (TPSA) is 59.4 Å². The lowest BCUT2D eigenvalue weighted by Gasteiger charge is -2.20. The molecule has 0 radical (unpaired) electrons. The Morgan fingerprint density at radius 3 is 2.74 bits per heavy atom. The highest BCUT2D eigenvalue weighted by Crippen LogP contribution is 2.32. The van der Waals surface area contributed by atoms with Gasteiger partial charge in [-0.2, -0.15) is 0 Å². The molecular weight excluding hydrogens is 376 g/mol. The minimum atomic E-state index is -0.804. The standard InChI is InChI=1S/C20H18ClF2NO3/c21-15-6-5-14(17(23)10-15)11-27-20-16(22)7-8-18(24-20)13-3-1-12(2-4-13)9-19(25)26/h3,5-8,10,12H,1-2,4,9,11H2,(H,25,26). The van der Waals surface area contributed by atoms with Gasteiger partial charge in [-0.15, -0.1) is 0 Å². The van der Waals surface area contributed by atoms with Crippen LogP contribution in [0.1, 0.15) is 36.9 Å². The van der Waals surface area contributed by atoms with Crippen molar-refractivity contribution in [2.45, 2.75) is 32.3 Å². The van der Waals surface area contributed by atoms with E-state index in [2.05, 4.69) is 4.98 Å². The molecule has 0 bridgehead atoms. The fourth-order valence-corrected chi connectivity index (χ4v) is 3.20. The van der Waals surface area contributed by atoms with Gasteiger partial charge in [0.2, 0.25) is 0 Å². The van der Waals surface area contributed by atoms with E-state index in [1.807, 2.05) is 6.08 Å². The first kappa shape index (κ1) is 19.3. The average molecular weight is 394 g/mol. The summed E-state index contributed by atoms with van der Waals surface area (Å²) in [6.45, 7) is -0.171. The molecule has 1 aliphatic carbocycles. The Kier molecular flexibility index (Phi) is 6.06. The second-order valence-corrected chi connectivity index (χ2v) is 6.91. The Morgan fingerprint density at radius 2 is 2.07 bits per heavy atom. The van der Waals surface area contributed by atoms with Gasteiger partial charge in [-0.25, -0.2) is 13.8 Å². The number of pyridine rings is 1. The van der Waals surface area contributed by atoms with Crippen molar-refractivity contribution in [2.24, 2.45) is 5.92 Å². The second-order valence-electron chi connectivity index (χ2n) is 6.48. The van der Waals surface area contributed by atoms with E-state index in [4.69, 9.17) is 21.4 Å². The second kappa shape index (κ2) is 8.48. The zero-order valence-corrected chi connectivity index (χ0v) is 15.2. The van der Waals surface area contributed by atoms with Gasteiger partial charge >= 0.3 is 5.97 Å². The molecule has 2 aromatic rings. The van der Waals surface area contributed by atoms with Gasteiger partial charge < -0.3 is 9.84 Å². The number of benzene rings is 1. The largest absolute Gasteiger partial charge is 0.481 e. The number of allylic oxidation sites excluding steroid dienone is 2. The van der Waals surface area contributed by atoms with Crippen LogP contribution in [0.15, 0.2) is 36.4 Å². The number of aliphatic carboxylic acids is 1. The summed E-state index contributed by atoms with van der Waals surface area (Å²) >= 11 is 5.71. The van der Waals surface area contributed by atoms with Crippen LogP contribution < -0.4 is 4.74 Å². The minimum Gasteiger partial charge on any atom is -0.481 e. The molecule has 3 rings (SSSR count). The Labute approximate surface area is 160 Å². The lowest BCUT2D eigenvalue weighted by molar-refractivity contribution is -0.138. The number of hydrogen-bond acceptors (Lipinski definition) is 3. The van der Waals surface area contributed by atoms with Crippen molar-refractivity contribution in [3.8, 4) is 5.88 Å². The molecule has 1 N–H and O–H groups in total. The van der Waals surface area contributed by atoms with Crippen LogP contribution in [0.25, 0.3) is 5.57 Å². The van der Waals surface area contributed by atoms with Crippen molar-refractivity contribution >= 4 is 23.1 Å². The van der Waals surface area contributed by atoms with Gasteiger partial charge in [0.1, 0.15) is 12.4 Å². The van der Waals surface area contributed by atoms with E-state index in [9.17, 15) is 13.6 Å². The van der Waals surface area contributed by atoms with Gasteiger partial charge in [0, 0.05) is 17.0 Å². The van der Waals surface area contributed by atoms with Crippen molar-refractivity contribution in [1.82, 2.24) is 4.98 Å². The van der Waals surface area contributed by atoms with Gasteiger partial charge in [-0.3, -0.25) is 4.79 Å². The third-order valence-electron chi connectivity index (χ3n) is 4.51. The summed E-state index contributed by atoms with van der Waals surface area (Å²) in [6, 6.07) is 7.00. The monoisotopic (exact) mass is 393 g/mol. The predicted molar refractivity (Wildman–Crippen MR) is 97.5 cm³/mol. The Balaban J connectivity index is 1.71. The Morgan fingerprint density at radius 1 is 1.26 bits per heavy atom. The molecular formula is C20H18ClF2NO3. The molecule has 1 heterocycles. The maximum atomic E-state index is 14.0. The first-order valence-corrected chi connectivity index (χ1v) is 8.94. The van der Waals surface area contributed by atoms with Crippen LogP contribution in [-0.4, -0.2) is 16.1 Å². The van der Waals surface area contributed by atoms with Gasteiger partial charge in [0.05, 0.1) is 5.69 Å². The molecule has 1 aromatic heterocycles. The van der Waals surface area contributed by atoms with E-state index < -0.39 is 17.6 Å². The highest BCUT2D eigenvalue weighted by molar-refractivity contribution is 6.30. The molecule has 1 aromatic carbocycles. The van der Waals surface area contributed by atoms with Crippen LogP contribution >= 0.6 is 11.6 Å². The van der Waals surface area contributed by atoms with E-state index in [1.54, 1.807) is 6.07 Å². The first-order chi connectivity index (χ1) is 12.9. The molecule has 0 spiro atoms. The molecule has 0 saturated carbocycles. The number of carboxylic acids is 1. The van der Waals surface area contributed by atoms with Crippen LogP contribution in [0.2, 0.25) is 5.02 Å². The van der Waals surface area contributed by atoms with E-state index in [1.165, 1.54) is 24.3 Å². The number of carbonyl (C=O) groups is 1. The van der Waals surface area contributed by atoms with Crippen LogP contribution in [0.5, 0.6) is 5.88 Å². The maximum absolute atomic E-state index is 14.0. The molecule has 142 valence electrons. The molecule has 27 heavy (non-hydrogen) atoms. The summed E-state index contributed by atoms with van der Waals surface area (Å²) in [5.41, 5.74) is 1.76. The summed E-state index contributed by atoms with van der Waals surface area (Å²) in [7, 11) is 0. The predicted octanol–water partition coefficient (Wildman–Crippen LogP) is 5.25. The Hall–Kier alpha value is -2.47. The zero-order chi connectivity index (χ0) is 19.4. The van der Waals surface area contributed by atoms with Gasteiger partial charge in [0.25, 0.3) is 5.88 Å². The van der Waals surface area contributed by atoms with E-state index >= 15 is 0 Å². The van der Waals surface area contributed by atoms with Gasteiger partial charge in [-0.05, 0) is 55.0 Å². The lowest BCUT2D eigenvalue weighted by atomic mass is 9.86. The SMILES string of the molecule is O=C(O)CC1CC=C(c2ccc(F)c(OCc3ccc(Cl)cc3F)n2)CC1. The third kappa shape index (κ3) is 5.04. The van der Waals surface area contributed by atoms with Crippen LogP contribution in [-0.2, 0) is 11.4 Å². The smallest absolute Gasteiger partial charge is 0.303 e. The summed E-state index contributed by atoms with van der Waals surface area (Å²) in [6.07, 6.45) is 4.14. The van der Waals surface area contributed by atoms with Crippen molar-refractivity contribution in [1.29, 1.82) is 0 Å². The fraction of sp³-hybridized carbons (Fsp3) is 0.300.